The number of rotatable bonds is 2. The Balaban J connectivity index is 1.57. The second-order valence-corrected chi connectivity index (χ2v) is 12.5. The van der Waals surface area contributed by atoms with Crippen LogP contribution in [0.15, 0.2) is 31.8 Å². The molecule has 4 atom stereocenters. The first-order valence-corrected chi connectivity index (χ1v) is 12.4. The average molecular weight is 526 g/mol. The minimum Gasteiger partial charge on any atom is -0.245 e. The number of nitrogens with one attached hydrogen (secondary N) is 4. The van der Waals surface area contributed by atoms with Crippen LogP contribution >= 0.6 is 78.8 Å². The second kappa shape index (κ2) is 6.81. The van der Waals surface area contributed by atoms with Gasteiger partial charge in [-0.15, -0.1) is 22.7 Å². The van der Waals surface area contributed by atoms with Crippen molar-refractivity contribution < 1.29 is 0 Å². The lowest BCUT2D eigenvalue weighted by Crippen LogP contribution is -2.61. The highest BCUT2D eigenvalue weighted by Crippen LogP contribution is 2.49. The van der Waals surface area contributed by atoms with Crippen molar-refractivity contribution >= 4 is 78.8 Å². The fourth-order valence-corrected chi connectivity index (χ4v) is 9.08. The summed E-state index contributed by atoms with van der Waals surface area (Å²) in [4.78, 5) is 2.87. The van der Waals surface area contributed by atoms with Crippen molar-refractivity contribution in [3.8, 4) is 0 Å². The Hall–Kier alpha value is 0.900. The maximum absolute atomic E-state index is 3.65. The van der Waals surface area contributed by atoms with E-state index in [0.717, 1.165) is 0 Å². The van der Waals surface area contributed by atoms with E-state index >= 15 is 0 Å². The first-order chi connectivity index (χ1) is 11.7. The highest BCUT2D eigenvalue weighted by Gasteiger charge is 2.56. The van der Waals surface area contributed by atoms with E-state index in [1.807, 2.05) is 22.7 Å². The van der Waals surface area contributed by atoms with Crippen LogP contribution in [0.25, 0.3) is 0 Å². The summed E-state index contributed by atoms with van der Waals surface area (Å²) >= 11 is 14.3. The third-order valence-electron chi connectivity index (χ3n) is 4.95. The average Bonchev–Trinajstić information content (AvgIpc) is 3.31. The molecule has 0 aromatic carbocycles. The van der Waals surface area contributed by atoms with Crippen LogP contribution in [-0.4, -0.2) is 24.2 Å². The van der Waals surface area contributed by atoms with E-state index in [9.17, 15) is 0 Å². The first kappa shape index (κ1) is 17.0. The molecule has 3 aliphatic rings. The third-order valence-corrected chi connectivity index (χ3v) is 9.96. The van der Waals surface area contributed by atoms with Crippen molar-refractivity contribution in [2.75, 3.05) is 0 Å². The Kier molecular flexibility index (Phi) is 4.83. The quantitative estimate of drug-likeness (QED) is 0.441. The van der Waals surface area contributed by atoms with Gasteiger partial charge in [0.25, 0.3) is 0 Å². The molecule has 4 nitrogen and oxygen atoms in total. The summed E-state index contributed by atoms with van der Waals surface area (Å²) < 4.78 is 17.0. The predicted octanol–water partition coefficient (Wildman–Crippen LogP) is 4.20. The second-order valence-electron chi connectivity index (χ2n) is 6.11. The Morgan fingerprint density at radius 1 is 0.625 bits per heavy atom. The van der Waals surface area contributed by atoms with Gasteiger partial charge in [0, 0.05) is 70.0 Å². The lowest BCUT2D eigenvalue weighted by Gasteiger charge is -2.44. The van der Waals surface area contributed by atoms with Gasteiger partial charge in [0.2, 0.25) is 0 Å². The SMILES string of the molecule is Brc1ccc(C2C3NSNC3C(c3ccc(Br)s3)C3NSNC32)s1. The number of hydrogen-bond donors (Lipinski definition) is 4. The summed E-state index contributed by atoms with van der Waals surface area (Å²) in [6.07, 6.45) is 0. The normalized spacial score (nSPS) is 38.2. The van der Waals surface area contributed by atoms with Crippen molar-refractivity contribution in [2.45, 2.75) is 36.0 Å². The number of halogens is 2. The molecule has 0 amide bonds. The largest absolute Gasteiger partial charge is 0.245 e. The van der Waals surface area contributed by atoms with E-state index in [1.165, 1.54) is 17.3 Å². The fourth-order valence-electron chi connectivity index (χ4n) is 3.99. The standard InChI is InChI=1S/C14H14Br2N4S4/c15-7-3-1-5(21-7)9-11-13(19-23-17-11)10(6-2-4-8(16)22-6)14-12(9)18-24-20-14/h1-4,9-14,17-20H. The number of thiophene rings is 2. The molecule has 4 unspecified atom stereocenters. The van der Waals surface area contributed by atoms with Crippen LogP contribution in [-0.2, 0) is 0 Å². The fraction of sp³-hybridized carbons (Fsp3) is 0.429. The minimum atomic E-state index is 0.403. The molecule has 1 saturated carbocycles. The zero-order valence-corrected chi connectivity index (χ0v) is 18.6. The Bertz CT molecular complexity index is 670. The van der Waals surface area contributed by atoms with Crippen molar-refractivity contribution in [2.24, 2.45) is 0 Å². The van der Waals surface area contributed by atoms with Crippen molar-refractivity contribution in [3.63, 3.8) is 0 Å². The van der Waals surface area contributed by atoms with Crippen molar-refractivity contribution in [1.82, 2.24) is 18.9 Å². The molecule has 2 aliphatic heterocycles. The Morgan fingerprint density at radius 2 is 1.00 bits per heavy atom. The van der Waals surface area contributed by atoms with Crippen molar-refractivity contribution in [1.29, 1.82) is 0 Å². The molecule has 2 aromatic heterocycles. The summed E-state index contributed by atoms with van der Waals surface area (Å²) in [5.41, 5.74) is 0. The van der Waals surface area contributed by atoms with Crippen molar-refractivity contribution in [3.05, 3.63) is 41.6 Å². The van der Waals surface area contributed by atoms with Gasteiger partial charge in [-0.2, -0.15) is 0 Å². The summed E-state index contributed by atoms with van der Waals surface area (Å²) in [6, 6.07) is 10.5. The molecule has 1 aliphatic carbocycles. The van der Waals surface area contributed by atoms with Crippen LogP contribution in [0.4, 0.5) is 0 Å². The number of fused-ring (bicyclic) bond motifs is 2. The Labute approximate surface area is 174 Å². The van der Waals surface area contributed by atoms with E-state index in [4.69, 9.17) is 0 Å². The van der Waals surface area contributed by atoms with Crippen LogP contribution in [0, 0.1) is 0 Å². The summed E-state index contributed by atoms with van der Waals surface area (Å²) in [7, 11) is 0. The maximum atomic E-state index is 3.65. The van der Waals surface area contributed by atoms with E-state index < -0.39 is 0 Å². The van der Waals surface area contributed by atoms with Gasteiger partial charge in [-0.25, -0.2) is 18.9 Å². The minimum absolute atomic E-state index is 0.403. The smallest absolute Gasteiger partial charge is 0.0701 e. The summed E-state index contributed by atoms with van der Waals surface area (Å²) in [6.45, 7) is 0. The van der Waals surface area contributed by atoms with E-state index in [0.29, 0.717) is 36.0 Å². The van der Waals surface area contributed by atoms with Gasteiger partial charge < -0.3 is 0 Å². The topological polar surface area (TPSA) is 48.1 Å². The lowest BCUT2D eigenvalue weighted by molar-refractivity contribution is 0.227. The molecule has 4 N–H and O–H groups in total. The van der Waals surface area contributed by atoms with Crippen LogP contribution < -0.4 is 18.9 Å². The summed E-state index contributed by atoms with van der Waals surface area (Å²) in [5, 5.41) is 0. The van der Waals surface area contributed by atoms with Gasteiger partial charge in [0.05, 0.1) is 7.57 Å². The van der Waals surface area contributed by atoms with Crippen LogP contribution in [0.3, 0.4) is 0 Å². The molecule has 0 bridgehead atoms. The monoisotopic (exact) mass is 524 g/mol. The number of hydrogen-bond acceptors (Lipinski definition) is 8. The molecule has 10 heteroatoms. The van der Waals surface area contributed by atoms with Gasteiger partial charge in [-0.05, 0) is 56.1 Å². The highest BCUT2D eigenvalue weighted by molar-refractivity contribution is 9.11. The lowest BCUT2D eigenvalue weighted by atomic mass is 9.68. The van der Waals surface area contributed by atoms with Crippen LogP contribution in [0.1, 0.15) is 21.6 Å². The molecule has 2 aromatic rings. The predicted molar refractivity (Wildman–Crippen MR) is 112 cm³/mol. The Morgan fingerprint density at radius 3 is 1.29 bits per heavy atom. The van der Waals surface area contributed by atoms with Crippen LogP contribution in [0.5, 0.6) is 0 Å². The highest BCUT2D eigenvalue weighted by atomic mass is 79.9. The van der Waals surface area contributed by atoms with Gasteiger partial charge in [-0.3, -0.25) is 0 Å². The van der Waals surface area contributed by atoms with E-state index in [2.05, 4.69) is 75.0 Å². The van der Waals surface area contributed by atoms with E-state index in [-0.39, 0.29) is 0 Å². The van der Waals surface area contributed by atoms with Gasteiger partial charge >= 0.3 is 0 Å². The molecule has 5 rings (SSSR count). The molecule has 3 fully saturated rings. The van der Waals surface area contributed by atoms with Gasteiger partial charge in [0.15, 0.2) is 0 Å². The molecular formula is C14H14Br2N4S4. The molecule has 0 radical (unpaired) electrons. The third kappa shape index (κ3) is 2.78. The molecule has 4 heterocycles. The van der Waals surface area contributed by atoms with E-state index in [1.54, 1.807) is 24.3 Å². The van der Waals surface area contributed by atoms with Gasteiger partial charge in [0.1, 0.15) is 0 Å². The zero-order chi connectivity index (χ0) is 16.3. The maximum Gasteiger partial charge on any atom is 0.0701 e. The zero-order valence-electron chi connectivity index (χ0n) is 12.2. The molecule has 24 heavy (non-hydrogen) atoms. The summed E-state index contributed by atoms with van der Waals surface area (Å²) in [5.74, 6) is 0.891. The molecular weight excluding hydrogens is 512 g/mol. The molecule has 128 valence electrons. The molecule has 2 saturated heterocycles. The van der Waals surface area contributed by atoms with Gasteiger partial charge in [-0.1, -0.05) is 0 Å². The molecule has 0 spiro atoms. The van der Waals surface area contributed by atoms with Crippen LogP contribution in [0.2, 0.25) is 0 Å². The first-order valence-electron chi connectivity index (χ1n) is 7.56.